The molecule has 0 aliphatic heterocycles. The van der Waals surface area contributed by atoms with E-state index in [4.69, 9.17) is 0 Å². The van der Waals surface area contributed by atoms with E-state index in [1.54, 1.807) is 0 Å². The Morgan fingerprint density at radius 2 is 1.94 bits per heavy atom. The Bertz CT molecular complexity index is 379. The predicted molar refractivity (Wildman–Crippen MR) is 79.0 cm³/mol. The Morgan fingerprint density at radius 3 is 2.44 bits per heavy atom. The van der Waals surface area contributed by atoms with Gasteiger partial charge in [-0.15, -0.1) is 0 Å². The minimum atomic E-state index is 0.359. The van der Waals surface area contributed by atoms with E-state index in [9.17, 15) is 0 Å². The maximum absolute atomic E-state index is 3.67. The Kier molecular flexibility index (Phi) is 4.11. The van der Waals surface area contributed by atoms with Gasteiger partial charge in [-0.25, -0.2) is 0 Å². The molecule has 1 fully saturated rings. The molecule has 0 radical (unpaired) electrons. The van der Waals surface area contributed by atoms with Crippen molar-refractivity contribution in [3.63, 3.8) is 0 Å². The molecular formula is C17H27N. The molecule has 100 valence electrons. The molecule has 0 spiro atoms. The van der Waals surface area contributed by atoms with Gasteiger partial charge < -0.3 is 5.32 Å². The van der Waals surface area contributed by atoms with Gasteiger partial charge >= 0.3 is 0 Å². The molecule has 1 aromatic carbocycles. The molecule has 1 saturated carbocycles. The van der Waals surface area contributed by atoms with Crippen LogP contribution in [0.4, 0.5) is 0 Å². The summed E-state index contributed by atoms with van der Waals surface area (Å²) in [5, 5.41) is 3.67. The summed E-state index contributed by atoms with van der Waals surface area (Å²) in [6, 6.07) is 9.79. The van der Waals surface area contributed by atoms with Gasteiger partial charge in [-0.05, 0) is 31.2 Å². The lowest BCUT2D eigenvalue weighted by Crippen LogP contribution is -2.42. The van der Waals surface area contributed by atoms with Crippen molar-refractivity contribution in [1.82, 2.24) is 5.32 Å². The van der Waals surface area contributed by atoms with E-state index in [0.717, 1.165) is 12.5 Å². The zero-order chi connectivity index (χ0) is 13.2. The molecule has 2 rings (SSSR count). The predicted octanol–water partition coefficient (Wildman–Crippen LogP) is 4.05. The number of rotatable bonds is 4. The summed E-state index contributed by atoms with van der Waals surface area (Å²) in [4.78, 5) is 0. The average Bonchev–Trinajstić information content (AvgIpc) is 2.70. The van der Waals surface area contributed by atoms with E-state index in [-0.39, 0.29) is 0 Å². The quantitative estimate of drug-likeness (QED) is 0.844. The molecular weight excluding hydrogens is 218 g/mol. The normalized spacial score (nSPS) is 27.9. The van der Waals surface area contributed by atoms with Gasteiger partial charge in [0.15, 0.2) is 0 Å². The van der Waals surface area contributed by atoms with Crippen LogP contribution in [0.15, 0.2) is 24.3 Å². The zero-order valence-electron chi connectivity index (χ0n) is 12.3. The van der Waals surface area contributed by atoms with Gasteiger partial charge in [-0.3, -0.25) is 0 Å². The Morgan fingerprint density at radius 1 is 1.28 bits per heavy atom. The third-order valence-corrected chi connectivity index (χ3v) is 4.66. The van der Waals surface area contributed by atoms with Crippen LogP contribution in [0.3, 0.4) is 0 Å². The summed E-state index contributed by atoms with van der Waals surface area (Å²) in [6.07, 6.45) is 4.07. The van der Waals surface area contributed by atoms with Gasteiger partial charge in [0, 0.05) is 18.0 Å². The van der Waals surface area contributed by atoms with Crippen molar-refractivity contribution in [2.45, 2.75) is 58.4 Å². The largest absolute Gasteiger partial charge is 0.314 e. The maximum Gasteiger partial charge on any atom is 0.0103 e. The summed E-state index contributed by atoms with van der Waals surface area (Å²) in [6.45, 7) is 10.2. The summed E-state index contributed by atoms with van der Waals surface area (Å²) < 4.78 is 0. The minimum Gasteiger partial charge on any atom is -0.314 e. The lowest BCUT2D eigenvalue weighted by atomic mass is 9.72. The van der Waals surface area contributed by atoms with Crippen LogP contribution in [-0.2, 0) is 5.41 Å². The first-order valence-electron chi connectivity index (χ1n) is 7.35. The minimum absolute atomic E-state index is 0.359. The van der Waals surface area contributed by atoms with Gasteiger partial charge in [0.25, 0.3) is 0 Å². The fourth-order valence-electron chi connectivity index (χ4n) is 3.31. The van der Waals surface area contributed by atoms with E-state index < -0.39 is 0 Å². The molecule has 1 heteroatoms. The molecule has 1 aliphatic rings. The fourth-order valence-corrected chi connectivity index (χ4v) is 3.31. The Balaban J connectivity index is 2.27. The highest BCUT2D eigenvalue weighted by molar-refractivity contribution is 5.31. The molecule has 0 bridgehead atoms. The third-order valence-electron chi connectivity index (χ3n) is 4.66. The molecule has 18 heavy (non-hydrogen) atoms. The SMILES string of the molecule is Cc1ccc(C2(CNC(C)C)CCCC2C)cc1. The van der Waals surface area contributed by atoms with E-state index in [2.05, 4.69) is 57.3 Å². The smallest absolute Gasteiger partial charge is 0.0103 e. The van der Waals surface area contributed by atoms with Crippen molar-refractivity contribution in [3.8, 4) is 0 Å². The zero-order valence-corrected chi connectivity index (χ0v) is 12.3. The number of nitrogens with one attached hydrogen (secondary N) is 1. The second kappa shape index (κ2) is 5.44. The molecule has 1 aromatic rings. The maximum atomic E-state index is 3.67. The van der Waals surface area contributed by atoms with Crippen LogP contribution in [0.25, 0.3) is 0 Å². The lowest BCUT2D eigenvalue weighted by molar-refractivity contribution is 0.308. The molecule has 0 saturated heterocycles. The molecule has 0 amide bonds. The van der Waals surface area contributed by atoms with Crippen LogP contribution in [0.1, 0.15) is 51.2 Å². The molecule has 2 atom stereocenters. The number of aryl methyl sites for hydroxylation is 1. The van der Waals surface area contributed by atoms with Crippen LogP contribution in [0.2, 0.25) is 0 Å². The molecule has 0 aromatic heterocycles. The van der Waals surface area contributed by atoms with Gasteiger partial charge in [0.2, 0.25) is 0 Å². The lowest BCUT2D eigenvalue weighted by Gasteiger charge is -2.36. The summed E-state index contributed by atoms with van der Waals surface area (Å²) in [5.74, 6) is 0.784. The second-order valence-electron chi connectivity index (χ2n) is 6.35. The van der Waals surface area contributed by atoms with Gasteiger partial charge in [0.1, 0.15) is 0 Å². The van der Waals surface area contributed by atoms with Crippen LogP contribution in [0, 0.1) is 12.8 Å². The highest BCUT2D eigenvalue weighted by atomic mass is 14.9. The monoisotopic (exact) mass is 245 g/mol. The Hall–Kier alpha value is -0.820. The van der Waals surface area contributed by atoms with E-state index in [1.165, 1.54) is 30.4 Å². The fraction of sp³-hybridized carbons (Fsp3) is 0.647. The Labute approximate surface area is 112 Å². The van der Waals surface area contributed by atoms with Crippen LogP contribution >= 0.6 is 0 Å². The van der Waals surface area contributed by atoms with Crippen LogP contribution < -0.4 is 5.32 Å². The van der Waals surface area contributed by atoms with E-state index in [0.29, 0.717) is 11.5 Å². The molecule has 2 unspecified atom stereocenters. The first-order valence-corrected chi connectivity index (χ1v) is 7.35. The average molecular weight is 245 g/mol. The second-order valence-corrected chi connectivity index (χ2v) is 6.35. The number of hydrogen-bond donors (Lipinski definition) is 1. The van der Waals surface area contributed by atoms with E-state index in [1.807, 2.05) is 0 Å². The van der Waals surface area contributed by atoms with Gasteiger partial charge in [0.05, 0.1) is 0 Å². The first-order chi connectivity index (χ1) is 8.54. The number of hydrogen-bond acceptors (Lipinski definition) is 1. The van der Waals surface area contributed by atoms with E-state index >= 15 is 0 Å². The third kappa shape index (κ3) is 2.61. The summed E-state index contributed by atoms with van der Waals surface area (Å²) in [5.41, 5.74) is 3.25. The summed E-state index contributed by atoms with van der Waals surface area (Å²) in [7, 11) is 0. The van der Waals surface area contributed by atoms with Crippen molar-refractivity contribution < 1.29 is 0 Å². The first kappa shape index (κ1) is 13.6. The van der Waals surface area contributed by atoms with Gasteiger partial charge in [-0.2, -0.15) is 0 Å². The molecule has 0 heterocycles. The van der Waals surface area contributed by atoms with Crippen molar-refractivity contribution in [3.05, 3.63) is 35.4 Å². The van der Waals surface area contributed by atoms with Crippen molar-refractivity contribution in [2.75, 3.05) is 6.54 Å². The topological polar surface area (TPSA) is 12.0 Å². The van der Waals surface area contributed by atoms with Gasteiger partial charge in [-0.1, -0.05) is 57.0 Å². The molecule has 1 N–H and O–H groups in total. The van der Waals surface area contributed by atoms with Crippen molar-refractivity contribution in [1.29, 1.82) is 0 Å². The highest BCUT2D eigenvalue weighted by Gasteiger charge is 2.41. The standard InChI is InChI=1S/C17H27N/c1-13(2)18-12-17(11-5-6-15(17)4)16-9-7-14(3)8-10-16/h7-10,13,15,18H,5-6,11-12H2,1-4H3. The van der Waals surface area contributed by atoms with Crippen LogP contribution in [-0.4, -0.2) is 12.6 Å². The van der Waals surface area contributed by atoms with Crippen molar-refractivity contribution >= 4 is 0 Å². The highest BCUT2D eigenvalue weighted by Crippen LogP contribution is 2.45. The van der Waals surface area contributed by atoms with Crippen molar-refractivity contribution in [2.24, 2.45) is 5.92 Å². The molecule has 1 aliphatic carbocycles. The molecule has 1 nitrogen and oxygen atoms in total. The van der Waals surface area contributed by atoms with Crippen LogP contribution in [0.5, 0.6) is 0 Å². The number of benzene rings is 1. The summed E-state index contributed by atoms with van der Waals surface area (Å²) >= 11 is 0.